The molecule has 1 aromatic carbocycles. The van der Waals surface area contributed by atoms with Gasteiger partial charge in [0.05, 0.1) is 11.6 Å². The molecule has 2 aromatic rings. The van der Waals surface area contributed by atoms with Crippen molar-refractivity contribution < 1.29 is 0 Å². The second-order valence-corrected chi connectivity index (χ2v) is 5.43. The Morgan fingerprint density at radius 2 is 2.22 bits per heavy atom. The molecular weight excluding hydrogens is 240 g/mol. The van der Waals surface area contributed by atoms with Gasteiger partial charge in [-0.25, -0.2) is 0 Å². The maximum atomic E-state index is 8.99. The predicted octanol–water partition coefficient (Wildman–Crippen LogP) is 3.79. The van der Waals surface area contributed by atoms with Gasteiger partial charge in [0.25, 0.3) is 0 Å². The fourth-order valence-corrected chi connectivity index (χ4v) is 2.81. The van der Waals surface area contributed by atoms with Crippen LogP contribution in [0.25, 0.3) is 0 Å². The van der Waals surface area contributed by atoms with Crippen molar-refractivity contribution in [3.63, 3.8) is 0 Å². The quantitative estimate of drug-likeness (QED) is 0.830. The number of rotatable bonds is 4. The van der Waals surface area contributed by atoms with Crippen molar-refractivity contribution in [1.29, 1.82) is 5.26 Å². The van der Waals surface area contributed by atoms with Gasteiger partial charge in [-0.15, -0.1) is 0 Å². The fraction of sp³-hybridized carbons (Fsp3) is 0.267. The molecular formula is C15H14N2S. The molecule has 0 spiro atoms. The number of thiophene rings is 1. The van der Waals surface area contributed by atoms with E-state index in [4.69, 9.17) is 5.26 Å². The molecule has 0 amide bonds. The molecule has 2 nitrogen and oxygen atoms in total. The summed E-state index contributed by atoms with van der Waals surface area (Å²) < 4.78 is 0. The largest absolute Gasteiger partial charge is 0.364 e. The Kier molecular flexibility index (Phi) is 3.04. The summed E-state index contributed by atoms with van der Waals surface area (Å²) in [7, 11) is 0. The number of nitrogens with zero attached hydrogens (tertiary/aromatic N) is 2. The van der Waals surface area contributed by atoms with Gasteiger partial charge in [-0.1, -0.05) is 6.07 Å². The van der Waals surface area contributed by atoms with Crippen LogP contribution < -0.4 is 4.90 Å². The van der Waals surface area contributed by atoms with Crippen LogP contribution in [0.2, 0.25) is 0 Å². The maximum Gasteiger partial charge on any atom is 0.0992 e. The van der Waals surface area contributed by atoms with Crippen molar-refractivity contribution >= 4 is 17.0 Å². The highest BCUT2D eigenvalue weighted by Gasteiger charge is 2.29. The smallest absolute Gasteiger partial charge is 0.0992 e. The average molecular weight is 254 g/mol. The Hall–Kier alpha value is -1.79. The van der Waals surface area contributed by atoms with E-state index in [1.54, 1.807) is 11.3 Å². The first kappa shape index (κ1) is 11.3. The maximum absolute atomic E-state index is 8.99. The molecule has 1 saturated carbocycles. The average Bonchev–Trinajstić information content (AvgIpc) is 3.13. The molecule has 0 radical (unpaired) electrons. The standard InChI is InChI=1S/C15H14N2S/c16-9-12-2-1-3-15(8-12)17(14-4-5-14)10-13-6-7-18-11-13/h1-3,6-8,11,14H,4-5,10H2. The van der Waals surface area contributed by atoms with Crippen LogP contribution in [0.5, 0.6) is 0 Å². The van der Waals surface area contributed by atoms with Crippen LogP contribution in [0.1, 0.15) is 24.0 Å². The molecule has 0 N–H and O–H groups in total. The zero-order valence-corrected chi connectivity index (χ0v) is 10.9. The van der Waals surface area contributed by atoms with E-state index >= 15 is 0 Å². The summed E-state index contributed by atoms with van der Waals surface area (Å²) in [4.78, 5) is 2.42. The van der Waals surface area contributed by atoms with E-state index in [0.717, 1.165) is 12.1 Å². The summed E-state index contributed by atoms with van der Waals surface area (Å²) >= 11 is 1.74. The predicted molar refractivity (Wildman–Crippen MR) is 74.7 cm³/mol. The highest BCUT2D eigenvalue weighted by Crippen LogP contribution is 2.33. The van der Waals surface area contributed by atoms with Gasteiger partial charge in [-0.05, 0) is 53.4 Å². The second kappa shape index (κ2) is 4.83. The molecule has 0 aliphatic heterocycles. The minimum Gasteiger partial charge on any atom is -0.364 e. The molecule has 1 fully saturated rings. The van der Waals surface area contributed by atoms with Gasteiger partial charge >= 0.3 is 0 Å². The number of nitriles is 1. The molecule has 3 rings (SSSR count). The lowest BCUT2D eigenvalue weighted by molar-refractivity contribution is 0.796. The third kappa shape index (κ3) is 2.39. The van der Waals surface area contributed by atoms with Crippen molar-refractivity contribution in [3.05, 3.63) is 52.2 Å². The normalized spacial score (nSPS) is 14.2. The molecule has 90 valence electrons. The van der Waals surface area contributed by atoms with Crippen LogP contribution in [0, 0.1) is 11.3 Å². The van der Waals surface area contributed by atoms with E-state index in [-0.39, 0.29) is 0 Å². The van der Waals surface area contributed by atoms with Crippen LogP contribution in [0.15, 0.2) is 41.1 Å². The van der Waals surface area contributed by atoms with Gasteiger partial charge in [0.1, 0.15) is 0 Å². The monoisotopic (exact) mass is 254 g/mol. The Balaban J connectivity index is 1.87. The molecule has 0 saturated heterocycles. The van der Waals surface area contributed by atoms with E-state index in [1.807, 2.05) is 18.2 Å². The first-order valence-electron chi connectivity index (χ1n) is 6.15. The lowest BCUT2D eigenvalue weighted by atomic mass is 10.2. The summed E-state index contributed by atoms with van der Waals surface area (Å²) in [6.45, 7) is 0.947. The molecule has 1 aliphatic rings. The van der Waals surface area contributed by atoms with E-state index < -0.39 is 0 Å². The van der Waals surface area contributed by atoms with Crippen LogP contribution in [-0.4, -0.2) is 6.04 Å². The van der Waals surface area contributed by atoms with E-state index in [2.05, 4.69) is 33.9 Å². The Labute approximate surface area is 111 Å². The van der Waals surface area contributed by atoms with Crippen LogP contribution >= 0.6 is 11.3 Å². The van der Waals surface area contributed by atoms with Gasteiger partial charge in [0, 0.05) is 18.3 Å². The van der Waals surface area contributed by atoms with Crippen LogP contribution in [0.4, 0.5) is 5.69 Å². The topological polar surface area (TPSA) is 27.0 Å². The molecule has 0 unspecified atom stereocenters. The summed E-state index contributed by atoms with van der Waals surface area (Å²) in [6, 6.07) is 13.0. The van der Waals surface area contributed by atoms with E-state index in [1.165, 1.54) is 24.1 Å². The minimum absolute atomic E-state index is 0.652. The Morgan fingerprint density at radius 1 is 1.33 bits per heavy atom. The number of anilines is 1. The highest BCUT2D eigenvalue weighted by molar-refractivity contribution is 7.07. The summed E-state index contributed by atoms with van der Waals surface area (Å²) in [5.41, 5.74) is 3.26. The zero-order valence-electron chi connectivity index (χ0n) is 10.0. The van der Waals surface area contributed by atoms with Crippen molar-refractivity contribution in [2.75, 3.05) is 4.90 Å². The van der Waals surface area contributed by atoms with E-state index in [9.17, 15) is 0 Å². The first-order chi connectivity index (χ1) is 8.86. The van der Waals surface area contributed by atoms with Gasteiger partial charge in [-0.3, -0.25) is 0 Å². The van der Waals surface area contributed by atoms with Crippen molar-refractivity contribution in [2.45, 2.75) is 25.4 Å². The third-order valence-electron chi connectivity index (χ3n) is 3.23. The summed E-state index contributed by atoms with van der Waals surface area (Å²) in [5.74, 6) is 0. The third-order valence-corrected chi connectivity index (χ3v) is 3.96. The lowest BCUT2D eigenvalue weighted by Crippen LogP contribution is -2.24. The van der Waals surface area contributed by atoms with Crippen molar-refractivity contribution in [1.82, 2.24) is 0 Å². The fourth-order valence-electron chi connectivity index (χ4n) is 2.15. The molecule has 18 heavy (non-hydrogen) atoms. The Bertz CT molecular complexity index is 564. The van der Waals surface area contributed by atoms with Gasteiger partial charge in [0.2, 0.25) is 0 Å². The number of hydrogen-bond acceptors (Lipinski definition) is 3. The summed E-state index contributed by atoms with van der Waals surface area (Å²) in [5, 5.41) is 13.3. The lowest BCUT2D eigenvalue weighted by Gasteiger charge is -2.24. The van der Waals surface area contributed by atoms with Crippen molar-refractivity contribution in [3.8, 4) is 6.07 Å². The number of benzene rings is 1. The van der Waals surface area contributed by atoms with Gasteiger partial charge in [-0.2, -0.15) is 16.6 Å². The molecule has 0 atom stereocenters. The van der Waals surface area contributed by atoms with Crippen LogP contribution in [0.3, 0.4) is 0 Å². The van der Waals surface area contributed by atoms with Crippen molar-refractivity contribution in [2.24, 2.45) is 0 Å². The molecule has 0 bridgehead atoms. The SMILES string of the molecule is N#Cc1cccc(N(Cc2ccsc2)C2CC2)c1. The van der Waals surface area contributed by atoms with Gasteiger partial charge in [0.15, 0.2) is 0 Å². The highest BCUT2D eigenvalue weighted by atomic mass is 32.1. The first-order valence-corrected chi connectivity index (χ1v) is 7.09. The molecule has 1 aromatic heterocycles. The minimum atomic E-state index is 0.652. The number of hydrogen-bond donors (Lipinski definition) is 0. The zero-order chi connectivity index (χ0) is 12.4. The second-order valence-electron chi connectivity index (χ2n) is 4.65. The van der Waals surface area contributed by atoms with Gasteiger partial charge < -0.3 is 4.90 Å². The van der Waals surface area contributed by atoms with Crippen LogP contribution in [-0.2, 0) is 6.54 Å². The summed E-state index contributed by atoms with van der Waals surface area (Å²) in [6.07, 6.45) is 2.53. The Morgan fingerprint density at radius 3 is 2.89 bits per heavy atom. The van der Waals surface area contributed by atoms with E-state index in [0.29, 0.717) is 6.04 Å². The molecule has 1 heterocycles. The molecule has 1 aliphatic carbocycles. The molecule has 3 heteroatoms.